The number of hydrogen-bond acceptors (Lipinski definition) is 1. The molecule has 1 unspecified atom stereocenters. The third-order valence-electron chi connectivity index (χ3n) is 7.06. The Morgan fingerprint density at radius 2 is 1.68 bits per heavy atom. The molecule has 0 saturated heterocycles. The fraction of sp³-hybridized carbons (Fsp3) is 0.696. The first kappa shape index (κ1) is 21.7. The Balaban J connectivity index is 0.00000151. The monoisotopic (exact) mass is 346 g/mol. The zero-order chi connectivity index (χ0) is 19.6. The maximum Gasteiger partial charge on any atom is 0.335 e. The predicted molar refractivity (Wildman–Crippen MR) is 108 cm³/mol. The van der Waals surface area contributed by atoms with E-state index >= 15 is 0 Å². The molecule has 1 aliphatic carbocycles. The summed E-state index contributed by atoms with van der Waals surface area (Å²) < 4.78 is 0. The molecular formula is C23H38O2. The van der Waals surface area contributed by atoms with E-state index in [1.165, 1.54) is 11.1 Å². The van der Waals surface area contributed by atoms with Crippen LogP contribution in [0.1, 0.15) is 102 Å². The van der Waals surface area contributed by atoms with Crippen LogP contribution in [0.2, 0.25) is 0 Å². The molecule has 2 rings (SSSR count). The first-order valence-corrected chi connectivity index (χ1v) is 9.92. The van der Waals surface area contributed by atoms with Gasteiger partial charge in [0.05, 0.1) is 5.56 Å². The third-order valence-corrected chi connectivity index (χ3v) is 7.06. The van der Waals surface area contributed by atoms with Crippen molar-refractivity contribution in [2.45, 2.75) is 93.4 Å². The molecule has 1 aromatic carbocycles. The van der Waals surface area contributed by atoms with Gasteiger partial charge in [-0.1, -0.05) is 67.9 Å². The molecule has 2 heteroatoms. The Morgan fingerprint density at radius 1 is 1.12 bits per heavy atom. The molecule has 0 radical (unpaired) electrons. The fourth-order valence-corrected chi connectivity index (χ4v) is 5.13. The average Bonchev–Trinajstić information content (AvgIpc) is 2.53. The van der Waals surface area contributed by atoms with Gasteiger partial charge in [0.1, 0.15) is 0 Å². The Bertz CT molecular complexity index is 625. The normalized spacial score (nSPS) is 23.2. The van der Waals surface area contributed by atoms with E-state index in [0.717, 1.165) is 31.2 Å². The molecule has 0 fully saturated rings. The van der Waals surface area contributed by atoms with Crippen molar-refractivity contribution in [3.63, 3.8) is 0 Å². The lowest BCUT2D eigenvalue weighted by Crippen LogP contribution is -2.55. The molecule has 2 nitrogen and oxygen atoms in total. The van der Waals surface area contributed by atoms with Crippen LogP contribution < -0.4 is 0 Å². The molecular weight excluding hydrogens is 308 g/mol. The van der Waals surface area contributed by atoms with E-state index in [-0.39, 0.29) is 16.2 Å². The molecule has 0 spiro atoms. The largest absolute Gasteiger partial charge is 0.478 e. The zero-order valence-corrected chi connectivity index (χ0v) is 17.8. The van der Waals surface area contributed by atoms with Crippen molar-refractivity contribution in [3.8, 4) is 0 Å². The molecule has 0 amide bonds. The van der Waals surface area contributed by atoms with E-state index in [4.69, 9.17) is 0 Å². The Hall–Kier alpha value is -1.31. The van der Waals surface area contributed by atoms with Crippen molar-refractivity contribution in [1.82, 2.24) is 0 Å². The van der Waals surface area contributed by atoms with Crippen LogP contribution >= 0.6 is 0 Å². The van der Waals surface area contributed by atoms with Crippen LogP contribution in [0.3, 0.4) is 0 Å². The summed E-state index contributed by atoms with van der Waals surface area (Å²) in [5.41, 5.74) is 4.45. The van der Waals surface area contributed by atoms with E-state index in [1.807, 2.05) is 20.8 Å². The number of fused-ring (bicyclic) bond motifs is 1. The molecule has 0 aromatic heterocycles. The van der Waals surface area contributed by atoms with Crippen molar-refractivity contribution in [1.29, 1.82) is 0 Å². The highest BCUT2D eigenvalue weighted by atomic mass is 16.4. The van der Waals surface area contributed by atoms with Crippen LogP contribution in [0, 0.1) is 17.8 Å². The van der Waals surface area contributed by atoms with Crippen LogP contribution in [0.25, 0.3) is 0 Å². The Labute approximate surface area is 155 Å². The predicted octanol–water partition coefficient (Wildman–Crippen LogP) is 6.78. The van der Waals surface area contributed by atoms with E-state index in [0.29, 0.717) is 5.56 Å². The van der Waals surface area contributed by atoms with Crippen molar-refractivity contribution in [2.75, 3.05) is 0 Å². The molecule has 1 aliphatic rings. The number of hydrogen-bond donors (Lipinski definition) is 1. The summed E-state index contributed by atoms with van der Waals surface area (Å²) in [4.78, 5) is 11.7. The number of rotatable bonds is 4. The smallest absolute Gasteiger partial charge is 0.335 e. The lowest BCUT2D eigenvalue weighted by Gasteiger charge is -2.60. The number of aromatic carboxylic acids is 1. The second-order valence-electron chi connectivity index (χ2n) is 8.45. The van der Waals surface area contributed by atoms with Crippen LogP contribution in [-0.2, 0) is 11.8 Å². The highest BCUT2D eigenvalue weighted by Crippen LogP contribution is 2.62. The van der Waals surface area contributed by atoms with Gasteiger partial charge >= 0.3 is 5.97 Å². The first-order chi connectivity index (χ1) is 11.6. The van der Waals surface area contributed by atoms with Crippen molar-refractivity contribution >= 4 is 5.97 Å². The van der Waals surface area contributed by atoms with E-state index in [9.17, 15) is 9.90 Å². The fourth-order valence-electron chi connectivity index (χ4n) is 5.13. The van der Waals surface area contributed by atoms with Crippen LogP contribution in [0.15, 0.2) is 12.1 Å². The second-order valence-corrected chi connectivity index (χ2v) is 8.45. The topological polar surface area (TPSA) is 37.3 Å². The molecule has 0 heterocycles. The van der Waals surface area contributed by atoms with Gasteiger partial charge in [0, 0.05) is 5.41 Å². The van der Waals surface area contributed by atoms with Gasteiger partial charge in [-0.15, -0.1) is 0 Å². The minimum atomic E-state index is -0.811. The van der Waals surface area contributed by atoms with Gasteiger partial charge in [0.15, 0.2) is 0 Å². The summed E-state index contributed by atoms with van der Waals surface area (Å²) in [5.74, 6) is -0.811. The lowest BCUT2D eigenvalue weighted by molar-refractivity contribution is -0.0130. The second kappa shape index (κ2) is 7.51. The van der Waals surface area contributed by atoms with E-state index < -0.39 is 5.97 Å². The Kier molecular flexibility index (Phi) is 6.53. The summed E-state index contributed by atoms with van der Waals surface area (Å²) in [6.45, 7) is 20.0. The summed E-state index contributed by atoms with van der Waals surface area (Å²) >= 11 is 0. The molecule has 25 heavy (non-hydrogen) atoms. The number of carboxylic acids is 1. The number of carbonyl (C=O) groups is 1. The van der Waals surface area contributed by atoms with Gasteiger partial charge in [-0.2, -0.15) is 0 Å². The molecule has 142 valence electrons. The lowest BCUT2D eigenvalue weighted by atomic mass is 9.44. The van der Waals surface area contributed by atoms with Gasteiger partial charge in [-0.3, -0.25) is 0 Å². The van der Waals surface area contributed by atoms with Gasteiger partial charge < -0.3 is 5.11 Å². The van der Waals surface area contributed by atoms with E-state index in [1.54, 1.807) is 6.07 Å². The third kappa shape index (κ3) is 3.13. The van der Waals surface area contributed by atoms with E-state index in [2.05, 4.69) is 47.6 Å². The molecule has 0 saturated carbocycles. The van der Waals surface area contributed by atoms with Gasteiger partial charge in [-0.05, 0) is 59.8 Å². The number of benzene rings is 1. The highest BCUT2D eigenvalue weighted by Gasteiger charge is 2.56. The summed E-state index contributed by atoms with van der Waals surface area (Å²) in [5, 5.41) is 9.57. The Morgan fingerprint density at radius 3 is 2.12 bits per heavy atom. The average molecular weight is 347 g/mol. The summed E-state index contributed by atoms with van der Waals surface area (Å²) in [7, 11) is 0. The zero-order valence-electron chi connectivity index (χ0n) is 17.8. The van der Waals surface area contributed by atoms with Crippen molar-refractivity contribution in [2.24, 2.45) is 10.8 Å². The standard InChI is InChI=1S/C21H32O2.C2H6/c1-8-12-21(9-2)17-14(3)16(18(22)23)11-10-15(17)13-19(4,5)20(21,6)7;1-2/h10-11H,8-9,12-13H2,1-7H3,(H,22,23);1-2H3. The van der Waals surface area contributed by atoms with Crippen LogP contribution in [-0.4, -0.2) is 11.1 Å². The molecule has 0 aliphatic heterocycles. The van der Waals surface area contributed by atoms with Crippen molar-refractivity contribution < 1.29 is 9.90 Å². The maximum absolute atomic E-state index is 11.7. The number of carboxylic acid groups (broad SMARTS) is 1. The summed E-state index contributed by atoms with van der Waals surface area (Å²) in [6.07, 6.45) is 4.29. The minimum absolute atomic E-state index is 0.0361. The van der Waals surface area contributed by atoms with Gasteiger partial charge in [0.2, 0.25) is 0 Å². The highest BCUT2D eigenvalue weighted by molar-refractivity contribution is 5.90. The molecule has 1 atom stereocenters. The van der Waals surface area contributed by atoms with Crippen LogP contribution in [0.4, 0.5) is 0 Å². The van der Waals surface area contributed by atoms with Gasteiger partial charge in [0.25, 0.3) is 0 Å². The van der Waals surface area contributed by atoms with Crippen molar-refractivity contribution in [3.05, 3.63) is 34.4 Å². The minimum Gasteiger partial charge on any atom is -0.478 e. The molecule has 0 bridgehead atoms. The molecule has 1 aromatic rings. The molecule has 1 N–H and O–H groups in total. The van der Waals surface area contributed by atoms with Crippen LogP contribution in [0.5, 0.6) is 0 Å². The van der Waals surface area contributed by atoms with Gasteiger partial charge in [-0.25, -0.2) is 4.79 Å². The quantitative estimate of drug-likeness (QED) is 0.652. The first-order valence-electron chi connectivity index (χ1n) is 9.92. The summed E-state index contributed by atoms with van der Waals surface area (Å²) in [6, 6.07) is 3.88. The maximum atomic E-state index is 11.7. The SMILES string of the molecule is CC.CCCC1(CC)c2c(ccc(C(=O)O)c2C)CC(C)(C)C1(C)C.